The molecular formula is C19H30N4+2. The third kappa shape index (κ3) is 2.52. The molecule has 124 valence electrons. The van der Waals surface area contributed by atoms with Crippen LogP contribution in [0.1, 0.15) is 64.2 Å². The van der Waals surface area contributed by atoms with Crippen molar-refractivity contribution < 1.29 is 9.13 Å². The molecule has 2 N–H and O–H groups in total. The van der Waals surface area contributed by atoms with Gasteiger partial charge in [-0.3, -0.25) is 9.97 Å². The summed E-state index contributed by atoms with van der Waals surface area (Å²) in [6.07, 6.45) is 26.8. The maximum Gasteiger partial charge on any atom is 0.257 e. The van der Waals surface area contributed by atoms with Gasteiger partial charge in [-0.25, -0.2) is 0 Å². The first-order chi connectivity index (χ1) is 11.4. The van der Waals surface area contributed by atoms with Crippen molar-refractivity contribution in [3.05, 3.63) is 37.4 Å². The van der Waals surface area contributed by atoms with Crippen LogP contribution in [0.2, 0.25) is 0 Å². The van der Waals surface area contributed by atoms with Gasteiger partial charge in [0, 0.05) is 11.8 Å². The van der Waals surface area contributed by atoms with E-state index in [4.69, 9.17) is 0 Å². The number of nitrogens with one attached hydrogen (secondary N) is 2. The molecule has 0 aliphatic heterocycles. The van der Waals surface area contributed by atoms with E-state index in [9.17, 15) is 0 Å². The van der Waals surface area contributed by atoms with Crippen LogP contribution in [0.5, 0.6) is 0 Å². The van der Waals surface area contributed by atoms with E-state index in [1.54, 1.807) is 0 Å². The van der Waals surface area contributed by atoms with Gasteiger partial charge >= 0.3 is 0 Å². The van der Waals surface area contributed by atoms with Crippen molar-refractivity contribution in [2.75, 3.05) is 0 Å². The summed E-state index contributed by atoms with van der Waals surface area (Å²) in [6, 6.07) is 0. The van der Waals surface area contributed by atoms with Gasteiger partial charge in [0.05, 0.1) is 0 Å². The molecule has 4 heteroatoms. The fourth-order valence-electron chi connectivity index (χ4n) is 5.39. The second-order valence-corrected chi connectivity index (χ2v) is 7.49. The molecule has 0 unspecified atom stereocenters. The van der Waals surface area contributed by atoms with Gasteiger partial charge in [0.1, 0.15) is 24.8 Å². The van der Waals surface area contributed by atoms with Crippen molar-refractivity contribution in [3.8, 4) is 0 Å². The molecule has 0 amide bonds. The molecule has 2 fully saturated rings. The van der Waals surface area contributed by atoms with Gasteiger partial charge in [0.2, 0.25) is 12.7 Å². The van der Waals surface area contributed by atoms with E-state index < -0.39 is 0 Å². The smallest absolute Gasteiger partial charge is 0.250 e. The van der Waals surface area contributed by atoms with E-state index >= 15 is 0 Å². The van der Waals surface area contributed by atoms with E-state index in [-0.39, 0.29) is 5.66 Å². The van der Waals surface area contributed by atoms with Crippen LogP contribution in [0.4, 0.5) is 0 Å². The van der Waals surface area contributed by atoms with E-state index in [1.165, 1.54) is 64.2 Å². The van der Waals surface area contributed by atoms with Gasteiger partial charge in [0.25, 0.3) is 5.66 Å². The average molecular weight is 314 g/mol. The molecule has 2 saturated carbocycles. The maximum absolute atomic E-state index is 3.31. The summed E-state index contributed by atoms with van der Waals surface area (Å²) in [5.74, 6) is 1.45. The Bertz CT molecular complexity index is 521. The summed E-state index contributed by atoms with van der Waals surface area (Å²) in [4.78, 5) is 6.63. The minimum Gasteiger partial charge on any atom is -0.250 e. The van der Waals surface area contributed by atoms with Crippen molar-refractivity contribution in [2.45, 2.75) is 69.9 Å². The Kier molecular flexibility index (Phi) is 4.23. The lowest BCUT2D eigenvalue weighted by Gasteiger charge is -2.43. The normalized spacial score (nSPS) is 21.6. The number of hydrogen-bond acceptors (Lipinski definition) is 0. The number of hydrogen-bond donors (Lipinski definition) is 2. The van der Waals surface area contributed by atoms with Crippen molar-refractivity contribution in [2.24, 2.45) is 11.8 Å². The SMILES string of the molecule is c1c[n+](C(C2CCCCC2)(C2CCCCC2)[n+]2cc[nH]c2)c[nH]1. The van der Waals surface area contributed by atoms with Crippen molar-refractivity contribution in [1.29, 1.82) is 0 Å². The van der Waals surface area contributed by atoms with E-state index in [1.807, 2.05) is 0 Å². The molecule has 0 spiro atoms. The molecule has 23 heavy (non-hydrogen) atoms. The summed E-state index contributed by atoms with van der Waals surface area (Å²) < 4.78 is 4.99. The van der Waals surface area contributed by atoms with E-state index in [0.29, 0.717) is 0 Å². The highest BCUT2D eigenvalue weighted by atomic mass is 15.3. The maximum atomic E-state index is 3.31. The molecular weight excluding hydrogens is 284 g/mol. The Morgan fingerprint density at radius 1 is 0.652 bits per heavy atom. The number of aromatic amines is 2. The second-order valence-electron chi connectivity index (χ2n) is 7.49. The van der Waals surface area contributed by atoms with Crippen LogP contribution in [0.15, 0.2) is 37.4 Å². The summed E-state index contributed by atoms with van der Waals surface area (Å²) in [5, 5.41) is 0. The highest BCUT2D eigenvalue weighted by Gasteiger charge is 2.55. The summed E-state index contributed by atoms with van der Waals surface area (Å²) >= 11 is 0. The molecule has 2 heterocycles. The number of rotatable bonds is 4. The van der Waals surface area contributed by atoms with Gasteiger partial charge in [-0.05, 0) is 25.7 Å². The Labute approximate surface area is 138 Å². The third-order valence-corrected chi connectivity index (χ3v) is 6.33. The Hall–Kier alpha value is -1.58. The zero-order chi connectivity index (χ0) is 15.5. The van der Waals surface area contributed by atoms with Crippen LogP contribution in [0.3, 0.4) is 0 Å². The van der Waals surface area contributed by atoms with Gasteiger partial charge < -0.3 is 0 Å². The van der Waals surface area contributed by atoms with Gasteiger partial charge in [-0.2, -0.15) is 9.13 Å². The van der Waals surface area contributed by atoms with Crippen molar-refractivity contribution in [3.63, 3.8) is 0 Å². The van der Waals surface area contributed by atoms with Gasteiger partial charge in [-0.1, -0.05) is 38.5 Å². The topological polar surface area (TPSA) is 39.3 Å². The summed E-state index contributed by atoms with van der Waals surface area (Å²) in [5.41, 5.74) is 0.0564. The lowest BCUT2D eigenvalue weighted by molar-refractivity contribution is -1.01. The summed E-state index contributed by atoms with van der Waals surface area (Å²) in [6.45, 7) is 0. The first-order valence-electron chi connectivity index (χ1n) is 9.51. The van der Waals surface area contributed by atoms with Crippen LogP contribution in [-0.2, 0) is 5.66 Å². The molecule has 0 radical (unpaired) electrons. The van der Waals surface area contributed by atoms with E-state index in [0.717, 1.165) is 11.8 Å². The first kappa shape index (κ1) is 15.0. The number of imidazole rings is 2. The van der Waals surface area contributed by atoms with Gasteiger partial charge in [0.15, 0.2) is 0 Å². The fourth-order valence-corrected chi connectivity index (χ4v) is 5.39. The molecule has 2 aliphatic rings. The first-order valence-corrected chi connectivity index (χ1v) is 9.51. The van der Waals surface area contributed by atoms with Crippen LogP contribution >= 0.6 is 0 Å². The highest BCUT2D eigenvalue weighted by molar-refractivity contribution is 4.85. The molecule has 0 aromatic carbocycles. The lowest BCUT2D eigenvalue weighted by atomic mass is 9.68. The zero-order valence-corrected chi connectivity index (χ0v) is 14.1. The predicted octanol–water partition coefficient (Wildman–Crippen LogP) is 3.28. The van der Waals surface area contributed by atoms with Crippen LogP contribution in [0.25, 0.3) is 0 Å². The minimum atomic E-state index is 0.0564. The highest BCUT2D eigenvalue weighted by Crippen LogP contribution is 2.42. The van der Waals surface area contributed by atoms with Crippen LogP contribution in [0, 0.1) is 11.8 Å². The van der Waals surface area contributed by atoms with Crippen LogP contribution < -0.4 is 9.13 Å². The predicted molar refractivity (Wildman–Crippen MR) is 88.5 cm³/mol. The van der Waals surface area contributed by atoms with Crippen molar-refractivity contribution >= 4 is 0 Å². The van der Waals surface area contributed by atoms with Crippen LogP contribution in [-0.4, -0.2) is 9.97 Å². The molecule has 4 rings (SSSR count). The standard InChI is InChI=1S/C19H28N4/c1-3-7-17(8-4-1)19(22-13-11-20-15-22,23-14-12-21-16-23)18-9-5-2-6-10-18/h11-18H,1-10H2/p+2. The third-order valence-electron chi connectivity index (χ3n) is 6.33. The molecule has 2 aromatic rings. The summed E-state index contributed by atoms with van der Waals surface area (Å²) in [7, 11) is 0. The molecule has 0 bridgehead atoms. The largest absolute Gasteiger partial charge is 0.257 e. The number of aromatic nitrogens is 4. The molecule has 0 atom stereocenters. The quantitative estimate of drug-likeness (QED) is 0.813. The molecule has 4 nitrogen and oxygen atoms in total. The molecule has 2 aromatic heterocycles. The second kappa shape index (κ2) is 6.50. The monoisotopic (exact) mass is 314 g/mol. The Balaban J connectivity index is 1.85. The number of nitrogens with zero attached hydrogens (tertiary/aromatic N) is 2. The van der Waals surface area contributed by atoms with E-state index in [2.05, 4.69) is 56.5 Å². The lowest BCUT2D eigenvalue weighted by Crippen LogP contribution is -2.79. The minimum absolute atomic E-state index is 0.0564. The fraction of sp³-hybridized carbons (Fsp3) is 0.684. The Morgan fingerprint density at radius 2 is 1.09 bits per heavy atom. The van der Waals surface area contributed by atoms with Crippen molar-refractivity contribution in [1.82, 2.24) is 9.97 Å². The Morgan fingerprint density at radius 3 is 1.43 bits per heavy atom. The number of H-pyrrole nitrogens is 2. The average Bonchev–Trinajstić information content (AvgIpc) is 3.32. The molecule has 2 aliphatic carbocycles. The zero-order valence-electron chi connectivity index (χ0n) is 14.1. The van der Waals surface area contributed by atoms with Gasteiger partial charge in [-0.15, -0.1) is 0 Å². The molecule has 0 saturated heterocycles.